The Morgan fingerprint density at radius 3 is 2.75 bits per heavy atom. The van der Waals surface area contributed by atoms with Crippen LogP contribution in [0.15, 0.2) is 0 Å². The van der Waals surface area contributed by atoms with Crippen molar-refractivity contribution in [2.45, 2.75) is 50.2 Å². The molecule has 2 rings (SSSR count). The largest absolute Gasteiger partial charge is 0.469 e. The van der Waals surface area contributed by atoms with Gasteiger partial charge in [0, 0.05) is 12.1 Å². The number of hydrogen-bond donors (Lipinski definition) is 2. The molecule has 0 bridgehead atoms. The van der Waals surface area contributed by atoms with Crippen molar-refractivity contribution in [2.24, 2.45) is 0 Å². The second-order valence-electron chi connectivity index (χ2n) is 4.51. The van der Waals surface area contributed by atoms with E-state index < -0.39 is 6.04 Å². The van der Waals surface area contributed by atoms with Crippen LogP contribution in [-0.2, 0) is 14.3 Å². The van der Waals surface area contributed by atoms with Crippen molar-refractivity contribution in [3.63, 3.8) is 0 Å². The molecule has 0 aromatic rings. The van der Waals surface area contributed by atoms with E-state index in [1.54, 1.807) is 0 Å². The molecular formula is C11H18N2O3. The van der Waals surface area contributed by atoms with E-state index in [1.807, 2.05) is 0 Å². The van der Waals surface area contributed by atoms with Crippen LogP contribution >= 0.6 is 0 Å². The normalized spacial score (nSPS) is 33.8. The smallest absolute Gasteiger partial charge is 0.307 e. The summed E-state index contributed by atoms with van der Waals surface area (Å²) in [6, 6.07) is 0.142. The highest BCUT2D eigenvalue weighted by atomic mass is 16.5. The summed E-state index contributed by atoms with van der Waals surface area (Å²) in [6.07, 6.45) is 4.59. The van der Waals surface area contributed by atoms with Crippen molar-refractivity contribution in [3.8, 4) is 0 Å². The first-order chi connectivity index (χ1) is 7.70. The summed E-state index contributed by atoms with van der Waals surface area (Å²) in [6.45, 7) is 0. The first-order valence-electron chi connectivity index (χ1n) is 5.84. The van der Waals surface area contributed by atoms with Crippen LogP contribution in [0.5, 0.6) is 0 Å². The van der Waals surface area contributed by atoms with Crippen molar-refractivity contribution in [3.05, 3.63) is 0 Å². The average Bonchev–Trinajstić information content (AvgIpc) is 2.30. The fourth-order valence-corrected chi connectivity index (χ4v) is 2.52. The Bertz CT molecular complexity index is 293. The third-order valence-electron chi connectivity index (χ3n) is 3.42. The molecule has 0 aromatic heterocycles. The van der Waals surface area contributed by atoms with E-state index in [0.29, 0.717) is 6.04 Å². The highest BCUT2D eigenvalue weighted by Gasteiger charge is 2.37. The van der Waals surface area contributed by atoms with Gasteiger partial charge in [0.2, 0.25) is 5.91 Å². The van der Waals surface area contributed by atoms with Gasteiger partial charge < -0.3 is 15.4 Å². The maximum atomic E-state index is 11.7. The minimum Gasteiger partial charge on any atom is -0.469 e. The topological polar surface area (TPSA) is 67.4 Å². The van der Waals surface area contributed by atoms with Gasteiger partial charge in [-0.3, -0.25) is 9.59 Å². The average molecular weight is 226 g/mol. The van der Waals surface area contributed by atoms with Gasteiger partial charge in [0.25, 0.3) is 0 Å². The summed E-state index contributed by atoms with van der Waals surface area (Å²) in [5.74, 6) is -0.421. The number of amides is 1. The summed E-state index contributed by atoms with van der Waals surface area (Å²) in [5, 5.41) is 6.25. The molecule has 0 spiro atoms. The summed E-state index contributed by atoms with van der Waals surface area (Å²) in [4.78, 5) is 22.9. The van der Waals surface area contributed by atoms with Crippen LogP contribution in [0.4, 0.5) is 0 Å². The van der Waals surface area contributed by atoms with E-state index in [-0.39, 0.29) is 24.3 Å². The Kier molecular flexibility index (Phi) is 3.43. The highest BCUT2D eigenvalue weighted by molar-refractivity contribution is 5.87. The Labute approximate surface area is 94.9 Å². The van der Waals surface area contributed by atoms with Gasteiger partial charge in [-0.2, -0.15) is 0 Å². The summed E-state index contributed by atoms with van der Waals surface area (Å²) in [5.41, 5.74) is 0. The molecule has 2 fully saturated rings. The molecule has 5 heteroatoms. The molecule has 16 heavy (non-hydrogen) atoms. The summed E-state index contributed by atoms with van der Waals surface area (Å²) < 4.78 is 4.58. The Balaban J connectivity index is 1.95. The lowest BCUT2D eigenvalue weighted by atomic mass is 9.87. The third-order valence-corrected chi connectivity index (χ3v) is 3.42. The standard InChI is InChI=1S/C11H18N2O3/c1-16-10(14)6-9-11(15)13-8-5-3-2-4-7(8)12-9/h7-9,12H,2-6H2,1H3,(H,13,15)/t7-,8+,9-/m0/s1. The molecule has 2 aliphatic rings. The number of fused-ring (bicyclic) bond motifs is 1. The van der Waals surface area contributed by atoms with E-state index >= 15 is 0 Å². The van der Waals surface area contributed by atoms with Crippen LogP contribution in [0.1, 0.15) is 32.1 Å². The molecule has 1 aliphatic carbocycles. The number of piperazine rings is 1. The van der Waals surface area contributed by atoms with Crippen LogP contribution < -0.4 is 10.6 Å². The number of rotatable bonds is 2. The van der Waals surface area contributed by atoms with Gasteiger partial charge in [0.05, 0.1) is 19.6 Å². The first kappa shape index (κ1) is 11.4. The number of esters is 1. The quantitative estimate of drug-likeness (QED) is 0.648. The molecule has 5 nitrogen and oxygen atoms in total. The highest BCUT2D eigenvalue weighted by Crippen LogP contribution is 2.22. The van der Waals surface area contributed by atoms with Crippen LogP contribution in [0.2, 0.25) is 0 Å². The zero-order chi connectivity index (χ0) is 11.5. The number of ether oxygens (including phenoxy) is 1. The van der Waals surface area contributed by atoms with Gasteiger partial charge in [-0.05, 0) is 12.8 Å². The monoisotopic (exact) mass is 226 g/mol. The molecule has 1 aliphatic heterocycles. The minimum absolute atomic E-state index is 0.0754. The van der Waals surface area contributed by atoms with E-state index in [9.17, 15) is 9.59 Å². The molecule has 1 saturated carbocycles. The van der Waals surface area contributed by atoms with Gasteiger partial charge >= 0.3 is 5.97 Å². The van der Waals surface area contributed by atoms with Crippen molar-refractivity contribution in [1.82, 2.24) is 10.6 Å². The molecule has 0 radical (unpaired) electrons. The maximum Gasteiger partial charge on any atom is 0.307 e. The minimum atomic E-state index is -0.424. The number of carbonyl (C=O) groups is 2. The Morgan fingerprint density at radius 1 is 1.38 bits per heavy atom. The molecule has 3 atom stereocenters. The predicted octanol–water partition coefficient (Wildman–Crippen LogP) is -0.0513. The second-order valence-corrected chi connectivity index (χ2v) is 4.51. The van der Waals surface area contributed by atoms with Crippen molar-refractivity contribution < 1.29 is 14.3 Å². The molecular weight excluding hydrogens is 208 g/mol. The van der Waals surface area contributed by atoms with Crippen LogP contribution in [0, 0.1) is 0 Å². The molecule has 90 valence electrons. The van der Waals surface area contributed by atoms with Gasteiger partial charge in [0.15, 0.2) is 0 Å². The molecule has 1 saturated heterocycles. The number of carbonyl (C=O) groups excluding carboxylic acids is 2. The zero-order valence-corrected chi connectivity index (χ0v) is 9.49. The fourth-order valence-electron chi connectivity index (χ4n) is 2.52. The van der Waals surface area contributed by atoms with Gasteiger partial charge in [-0.1, -0.05) is 12.8 Å². The number of nitrogens with one attached hydrogen (secondary N) is 2. The predicted molar refractivity (Wildman–Crippen MR) is 57.7 cm³/mol. The molecule has 1 heterocycles. The van der Waals surface area contributed by atoms with E-state index in [0.717, 1.165) is 12.8 Å². The van der Waals surface area contributed by atoms with E-state index in [1.165, 1.54) is 20.0 Å². The second kappa shape index (κ2) is 4.82. The van der Waals surface area contributed by atoms with Crippen LogP contribution in [0.3, 0.4) is 0 Å². The lowest BCUT2D eigenvalue weighted by Crippen LogP contribution is -2.65. The number of methoxy groups -OCH3 is 1. The van der Waals surface area contributed by atoms with Crippen molar-refractivity contribution >= 4 is 11.9 Å². The molecule has 2 N–H and O–H groups in total. The van der Waals surface area contributed by atoms with Gasteiger partial charge in [0.1, 0.15) is 0 Å². The lowest BCUT2D eigenvalue weighted by Gasteiger charge is -2.40. The first-order valence-corrected chi connectivity index (χ1v) is 5.84. The molecule has 1 amide bonds. The van der Waals surface area contributed by atoms with Gasteiger partial charge in [-0.25, -0.2) is 0 Å². The van der Waals surface area contributed by atoms with E-state index in [4.69, 9.17) is 0 Å². The fraction of sp³-hybridized carbons (Fsp3) is 0.818. The summed E-state index contributed by atoms with van der Waals surface area (Å²) in [7, 11) is 1.34. The number of hydrogen-bond acceptors (Lipinski definition) is 4. The van der Waals surface area contributed by atoms with Crippen LogP contribution in [-0.4, -0.2) is 37.1 Å². The Morgan fingerprint density at radius 2 is 2.06 bits per heavy atom. The summed E-state index contributed by atoms with van der Waals surface area (Å²) >= 11 is 0. The van der Waals surface area contributed by atoms with E-state index in [2.05, 4.69) is 15.4 Å². The Hall–Kier alpha value is -1.10. The third kappa shape index (κ3) is 2.35. The van der Waals surface area contributed by atoms with Crippen LogP contribution in [0.25, 0.3) is 0 Å². The molecule has 0 unspecified atom stereocenters. The molecule has 0 aromatic carbocycles. The lowest BCUT2D eigenvalue weighted by molar-refractivity contribution is -0.144. The zero-order valence-electron chi connectivity index (χ0n) is 9.49. The van der Waals surface area contributed by atoms with Gasteiger partial charge in [-0.15, -0.1) is 0 Å². The van der Waals surface area contributed by atoms with Crippen molar-refractivity contribution in [1.29, 1.82) is 0 Å². The SMILES string of the molecule is COC(=O)C[C@@H]1N[C@H]2CCCC[C@H]2NC1=O. The van der Waals surface area contributed by atoms with Crippen molar-refractivity contribution in [2.75, 3.05) is 7.11 Å². The maximum absolute atomic E-state index is 11.7.